The molecule has 6 nitrogen and oxygen atoms in total. The molecule has 6 heteroatoms. The molecule has 2 fully saturated rings. The molecule has 0 aromatic heterocycles. The highest BCUT2D eigenvalue weighted by Crippen LogP contribution is 2.54. The summed E-state index contributed by atoms with van der Waals surface area (Å²) in [6, 6.07) is 12.8. The van der Waals surface area contributed by atoms with Gasteiger partial charge >= 0.3 is 0 Å². The van der Waals surface area contributed by atoms with E-state index in [1.165, 1.54) is 4.90 Å². The number of benzene rings is 2. The van der Waals surface area contributed by atoms with Crippen LogP contribution in [0, 0.1) is 31.6 Å². The molecule has 0 saturated carbocycles. The van der Waals surface area contributed by atoms with Crippen molar-refractivity contribution in [3.63, 3.8) is 0 Å². The molecule has 3 heterocycles. The van der Waals surface area contributed by atoms with Crippen molar-refractivity contribution in [1.82, 2.24) is 5.32 Å². The average Bonchev–Trinajstić information content (AvgIpc) is 3.30. The van der Waals surface area contributed by atoms with E-state index in [-0.39, 0.29) is 29.7 Å². The standard InChI is InChI=1S/C24H25N3O3/c1-12(2)20-18-19(24(26-20)16-7-5-6-8-17(16)25-23(24)30)22(29)27(21(18)28)15-10-9-13(3)14(4)11-15/h5-12,18-20,26H,1-4H3,(H,25,30). The molecule has 30 heavy (non-hydrogen) atoms. The van der Waals surface area contributed by atoms with Crippen LogP contribution in [0.4, 0.5) is 11.4 Å². The summed E-state index contributed by atoms with van der Waals surface area (Å²) in [7, 11) is 0. The van der Waals surface area contributed by atoms with E-state index in [1.54, 1.807) is 0 Å². The van der Waals surface area contributed by atoms with Crippen molar-refractivity contribution >= 4 is 29.1 Å². The second-order valence-electron chi connectivity index (χ2n) is 9.01. The van der Waals surface area contributed by atoms with Crippen molar-refractivity contribution in [2.45, 2.75) is 39.3 Å². The lowest BCUT2D eigenvalue weighted by molar-refractivity contribution is -0.130. The molecule has 1 spiro atoms. The van der Waals surface area contributed by atoms with Crippen LogP contribution in [-0.4, -0.2) is 23.8 Å². The number of fused-ring (bicyclic) bond motifs is 4. The van der Waals surface area contributed by atoms with E-state index in [2.05, 4.69) is 10.6 Å². The van der Waals surface area contributed by atoms with E-state index in [1.807, 2.05) is 70.2 Å². The molecule has 0 bridgehead atoms. The van der Waals surface area contributed by atoms with Crippen LogP contribution in [0.2, 0.25) is 0 Å². The quantitative estimate of drug-likeness (QED) is 0.756. The van der Waals surface area contributed by atoms with E-state index in [0.717, 1.165) is 16.7 Å². The molecule has 4 unspecified atom stereocenters. The fourth-order valence-corrected chi connectivity index (χ4v) is 5.38. The topological polar surface area (TPSA) is 78.5 Å². The number of imide groups is 1. The molecule has 2 saturated heterocycles. The number of anilines is 2. The van der Waals surface area contributed by atoms with Crippen LogP contribution in [0.1, 0.15) is 30.5 Å². The van der Waals surface area contributed by atoms with E-state index in [4.69, 9.17) is 0 Å². The molecule has 4 atom stereocenters. The number of aryl methyl sites for hydroxylation is 2. The van der Waals surface area contributed by atoms with Crippen LogP contribution < -0.4 is 15.5 Å². The van der Waals surface area contributed by atoms with Crippen LogP contribution in [0.5, 0.6) is 0 Å². The summed E-state index contributed by atoms with van der Waals surface area (Å²) in [6.45, 7) is 7.99. The van der Waals surface area contributed by atoms with Gasteiger partial charge in [0.25, 0.3) is 0 Å². The van der Waals surface area contributed by atoms with Crippen molar-refractivity contribution in [3.05, 3.63) is 59.2 Å². The van der Waals surface area contributed by atoms with Gasteiger partial charge in [0.2, 0.25) is 17.7 Å². The maximum absolute atomic E-state index is 13.8. The number of amides is 3. The van der Waals surface area contributed by atoms with Crippen molar-refractivity contribution in [2.75, 3.05) is 10.2 Å². The van der Waals surface area contributed by atoms with Gasteiger partial charge in [0, 0.05) is 17.3 Å². The zero-order valence-electron chi connectivity index (χ0n) is 17.5. The number of hydrogen-bond acceptors (Lipinski definition) is 4. The van der Waals surface area contributed by atoms with Gasteiger partial charge in [-0.05, 0) is 49.1 Å². The smallest absolute Gasteiger partial charge is 0.250 e. The summed E-state index contributed by atoms with van der Waals surface area (Å²) in [5.41, 5.74) is 2.91. The lowest BCUT2D eigenvalue weighted by atomic mass is 9.76. The first-order valence-electron chi connectivity index (χ1n) is 10.4. The Bertz CT molecular complexity index is 1110. The summed E-state index contributed by atoms with van der Waals surface area (Å²) < 4.78 is 0. The second-order valence-corrected chi connectivity index (χ2v) is 9.01. The minimum atomic E-state index is -1.22. The zero-order chi connectivity index (χ0) is 21.4. The third-order valence-electron chi connectivity index (χ3n) is 7.02. The van der Waals surface area contributed by atoms with Crippen molar-refractivity contribution < 1.29 is 14.4 Å². The molecule has 5 rings (SSSR count). The van der Waals surface area contributed by atoms with Gasteiger partial charge in [-0.3, -0.25) is 19.7 Å². The van der Waals surface area contributed by atoms with E-state index in [9.17, 15) is 14.4 Å². The molecule has 2 aromatic carbocycles. The minimum Gasteiger partial charge on any atom is -0.324 e. The maximum Gasteiger partial charge on any atom is 0.250 e. The number of hydrogen-bond donors (Lipinski definition) is 2. The van der Waals surface area contributed by atoms with Crippen LogP contribution in [0.15, 0.2) is 42.5 Å². The normalized spacial score (nSPS) is 29.7. The SMILES string of the molecule is Cc1ccc(N2C(=O)C3C(C(C)C)NC4(C(=O)Nc5ccccc54)C3C2=O)cc1C. The van der Waals surface area contributed by atoms with E-state index >= 15 is 0 Å². The van der Waals surface area contributed by atoms with Crippen LogP contribution in [0.3, 0.4) is 0 Å². The Hall–Kier alpha value is -2.99. The summed E-state index contributed by atoms with van der Waals surface area (Å²) in [6.07, 6.45) is 0. The van der Waals surface area contributed by atoms with Gasteiger partial charge in [0.05, 0.1) is 17.5 Å². The molecule has 3 aliphatic heterocycles. The molecule has 3 aliphatic rings. The van der Waals surface area contributed by atoms with Crippen molar-refractivity contribution in [1.29, 1.82) is 0 Å². The van der Waals surface area contributed by atoms with Crippen LogP contribution >= 0.6 is 0 Å². The third kappa shape index (κ3) is 2.25. The first-order valence-corrected chi connectivity index (χ1v) is 10.4. The molecule has 154 valence electrons. The van der Waals surface area contributed by atoms with E-state index < -0.39 is 17.4 Å². The number of para-hydroxylation sites is 1. The molecule has 0 radical (unpaired) electrons. The largest absolute Gasteiger partial charge is 0.324 e. The Balaban J connectivity index is 1.68. The zero-order valence-corrected chi connectivity index (χ0v) is 17.5. The van der Waals surface area contributed by atoms with Crippen LogP contribution in [-0.2, 0) is 19.9 Å². The predicted octanol–water partition coefficient (Wildman–Crippen LogP) is 2.88. The number of carbonyl (C=O) groups excluding carboxylic acids is 3. The number of rotatable bonds is 2. The fourth-order valence-electron chi connectivity index (χ4n) is 5.38. The van der Waals surface area contributed by atoms with Crippen LogP contribution in [0.25, 0.3) is 0 Å². The number of nitrogens with one attached hydrogen (secondary N) is 2. The van der Waals surface area contributed by atoms with Crippen molar-refractivity contribution in [2.24, 2.45) is 17.8 Å². The maximum atomic E-state index is 13.8. The lowest BCUT2D eigenvalue weighted by Crippen LogP contribution is -2.54. The molecular weight excluding hydrogens is 378 g/mol. The number of carbonyl (C=O) groups is 3. The molecule has 0 aliphatic carbocycles. The van der Waals surface area contributed by atoms with Gasteiger partial charge < -0.3 is 5.32 Å². The Labute approximate surface area is 175 Å². The van der Waals surface area contributed by atoms with Gasteiger partial charge in [-0.15, -0.1) is 0 Å². The molecular formula is C24H25N3O3. The molecule has 2 N–H and O–H groups in total. The third-order valence-corrected chi connectivity index (χ3v) is 7.02. The summed E-state index contributed by atoms with van der Waals surface area (Å²) in [4.78, 5) is 42.0. The highest BCUT2D eigenvalue weighted by molar-refractivity contribution is 6.25. The van der Waals surface area contributed by atoms with Gasteiger partial charge in [0.1, 0.15) is 5.54 Å². The molecule has 3 amide bonds. The second kappa shape index (κ2) is 6.25. The Morgan fingerprint density at radius 2 is 1.70 bits per heavy atom. The van der Waals surface area contributed by atoms with Gasteiger partial charge in [-0.1, -0.05) is 38.1 Å². The van der Waals surface area contributed by atoms with Gasteiger partial charge in [-0.25, -0.2) is 4.90 Å². The summed E-state index contributed by atoms with van der Waals surface area (Å²) in [5, 5.41) is 6.37. The Kier molecular flexibility index (Phi) is 3.96. The van der Waals surface area contributed by atoms with E-state index in [0.29, 0.717) is 11.4 Å². The van der Waals surface area contributed by atoms with Crippen molar-refractivity contribution in [3.8, 4) is 0 Å². The first-order chi connectivity index (χ1) is 14.3. The Morgan fingerprint density at radius 3 is 2.40 bits per heavy atom. The van der Waals surface area contributed by atoms with Gasteiger partial charge in [0.15, 0.2) is 0 Å². The molecule has 2 aromatic rings. The summed E-state index contributed by atoms with van der Waals surface area (Å²) >= 11 is 0. The predicted molar refractivity (Wildman–Crippen MR) is 114 cm³/mol. The fraction of sp³-hybridized carbons (Fsp3) is 0.375. The lowest BCUT2D eigenvalue weighted by Gasteiger charge is -2.30. The average molecular weight is 403 g/mol. The highest BCUT2D eigenvalue weighted by Gasteiger charge is 2.70. The summed E-state index contributed by atoms with van der Waals surface area (Å²) in [5.74, 6) is -2.08. The Morgan fingerprint density at radius 1 is 0.967 bits per heavy atom. The highest BCUT2D eigenvalue weighted by atomic mass is 16.2. The first kappa shape index (κ1) is 19.0. The minimum absolute atomic E-state index is 0.0777. The number of nitrogens with zero attached hydrogens (tertiary/aromatic N) is 1. The monoisotopic (exact) mass is 403 g/mol. The van der Waals surface area contributed by atoms with Gasteiger partial charge in [-0.2, -0.15) is 0 Å².